The Balaban J connectivity index is 3.23. The normalized spacial score (nSPS) is 11.4. The number of rotatable bonds is 2. The van der Waals surface area contributed by atoms with Crippen molar-refractivity contribution in [2.75, 3.05) is 0 Å². The number of carbonyl (C=O) groups is 1. The molecule has 0 saturated carbocycles. The zero-order valence-corrected chi connectivity index (χ0v) is 8.29. The molecular formula is C7H5BrN2O4. The molecule has 0 atom stereocenters. The molecule has 1 aromatic rings. The molecule has 0 aliphatic carbocycles. The molecule has 0 amide bonds. The van der Waals surface area contributed by atoms with Crippen LogP contribution in [-0.2, 0) is 4.79 Å². The van der Waals surface area contributed by atoms with Gasteiger partial charge in [0.2, 0.25) is 0 Å². The lowest BCUT2D eigenvalue weighted by Crippen LogP contribution is -2.23. The third-order valence-corrected chi connectivity index (χ3v) is 1.90. The van der Waals surface area contributed by atoms with E-state index in [1.807, 2.05) is 4.98 Å². The Kier molecular flexibility index (Phi) is 3.03. The van der Waals surface area contributed by atoms with E-state index in [1.165, 1.54) is 0 Å². The number of hydrogen-bond donors (Lipinski definition) is 3. The van der Waals surface area contributed by atoms with Crippen LogP contribution in [0.4, 0.5) is 0 Å². The van der Waals surface area contributed by atoms with Gasteiger partial charge in [0.15, 0.2) is 0 Å². The summed E-state index contributed by atoms with van der Waals surface area (Å²) >= 11 is 2.75. The summed E-state index contributed by atoms with van der Waals surface area (Å²) in [6.45, 7) is 0. The molecule has 74 valence electrons. The van der Waals surface area contributed by atoms with E-state index < -0.39 is 17.2 Å². The van der Waals surface area contributed by atoms with E-state index in [2.05, 4.69) is 20.9 Å². The molecule has 1 aromatic heterocycles. The van der Waals surface area contributed by atoms with Crippen LogP contribution in [0.3, 0.4) is 0 Å². The quantitative estimate of drug-likeness (QED) is 0.646. The zero-order valence-electron chi connectivity index (χ0n) is 6.70. The standard InChI is InChI=1S/C7H5BrN2O4/c8-4(6(12)13)1-3-2-9-7(14)10-5(3)11/h1-2H,(H,12,13)(H2,9,10,11,14)/b4-1-. The maximum absolute atomic E-state index is 11.1. The SMILES string of the molecule is O=C(O)/C(Br)=C/c1c[nH]c(=O)[nH]c1=O. The molecule has 1 rings (SSSR count). The smallest absolute Gasteiger partial charge is 0.342 e. The number of carboxylic acids is 1. The molecule has 7 heteroatoms. The first-order valence-corrected chi connectivity index (χ1v) is 4.22. The molecule has 0 unspecified atom stereocenters. The zero-order chi connectivity index (χ0) is 10.7. The number of aromatic nitrogens is 2. The molecule has 0 aliphatic heterocycles. The molecule has 0 saturated heterocycles. The van der Waals surface area contributed by atoms with E-state index in [4.69, 9.17) is 5.11 Å². The van der Waals surface area contributed by atoms with E-state index in [-0.39, 0.29) is 10.0 Å². The topological polar surface area (TPSA) is 103 Å². The minimum absolute atomic E-state index is 0.0545. The largest absolute Gasteiger partial charge is 0.477 e. The van der Waals surface area contributed by atoms with Crippen molar-refractivity contribution in [2.24, 2.45) is 0 Å². The van der Waals surface area contributed by atoms with E-state index in [0.717, 1.165) is 12.3 Å². The highest BCUT2D eigenvalue weighted by atomic mass is 79.9. The van der Waals surface area contributed by atoms with Gasteiger partial charge < -0.3 is 10.1 Å². The highest BCUT2D eigenvalue weighted by Crippen LogP contribution is 2.08. The third kappa shape index (κ3) is 2.43. The predicted molar refractivity (Wildman–Crippen MR) is 52.2 cm³/mol. The van der Waals surface area contributed by atoms with Crippen LogP contribution in [0, 0.1) is 0 Å². The van der Waals surface area contributed by atoms with Crippen molar-refractivity contribution in [3.63, 3.8) is 0 Å². The molecule has 6 nitrogen and oxygen atoms in total. The summed E-state index contributed by atoms with van der Waals surface area (Å²) in [6, 6.07) is 0. The minimum Gasteiger partial charge on any atom is -0.477 e. The summed E-state index contributed by atoms with van der Waals surface area (Å²) in [6.07, 6.45) is 2.22. The lowest BCUT2D eigenvalue weighted by Gasteiger charge is -1.92. The number of nitrogens with one attached hydrogen (secondary N) is 2. The molecule has 0 radical (unpaired) electrons. The Labute approximate surface area is 85.4 Å². The van der Waals surface area contributed by atoms with Gasteiger partial charge >= 0.3 is 11.7 Å². The van der Waals surface area contributed by atoms with Crippen LogP contribution in [0.15, 0.2) is 20.3 Å². The van der Waals surface area contributed by atoms with Crippen LogP contribution < -0.4 is 11.2 Å². The average molecular weight is 261 g/mol. The van der Waals surface area contributed by atoms with E-state index >= 15 is 0 Å². The third-order valence-electron chi connectivity index (χ3n) is 1.33. The summed E-state index contributed by atoms with van der Waals surface area (Å²) in [7, 11) is 0. The fourth-order valence-electron chi connectivity index (χ4n) is 0.726. The predicted octanol–water partition coefficient (Wildman–Crippen LogP) is -0.116. The monoisotopic (exact) mass is 260 g/mol. The summed E-state index contributed by atoms with van der Waals surface area (Å²) in [5.74, 6) is -1.20. The van der Waals surface area contributed by atoms with Crippen molar-refractivity contribution in [1.29, 1.82) is 0 Å². The molecule has 0 aromatic carbocycles. The number of carboxylic acid groups (broad SMARTS) is 1. The maximum atomic E-state index is 11.1. The van der Waals surface area contributed by atoms with Gasteiger partial charge in [-0.3, -0.25) is 9.78 Å². The second-order valence-electron chi connectivity index (χ2n) is 2.32. The summed E-state index contributed by atoms with van der Waals surface area (Å²) in [4.78, 5) is 36.2. The van der Waals surface area contributed by atoms with Gasteiger partial charge in [-0.25, -0.2) is 9.59 Å². The number of hydrogen-bond acceptors (Lipinski definition) is 3. The second-order valence-corrected chi connectivity index (χ2v) is 3.18. The Bertz CT molecular complexity index is 499. The molecule has 3 N–H and O–H groups in total. The average Bonchev–Trinajstić information content (AvgIpc) is 2.09. The van der Waals surface area contributed by atoms with Gasteiger partial charge in [0, 0.05) is 6.20 Å². The fourth-order valence-corrected chi connectivity index (χ4v) is 0.972. The van der Waals surface area contributed by atoms with Crippen LogP contribution in [-0.4, -0.2) is 21.0 Å². The van der Waals surface area contributed by atoms with Crippen molar-refractivity contribution in [3.8, 4) is 0 Å². The molecule has 0 fully saturated rings. The number of aromatic amines is 2. The molecule has 14 heavy (non-hydrogen) atoms. The van der Waals surface area contributed by atoms with Crippen LogP contribution in [0.25, 0.3) is 6.08 Å². The Morgan fingerprint density at radius 2 is 2.14 bits per heavy atom. The molecular weight excluding hydrogens is 256 g/mol. The number of aliphatic carboxylic acids is 1. The first kappa shape index (κ1) is 10.5. The van der Waals surface area contributed by atoms with Crippen molar-refractivity contribution in [3.05, 3.63) is 37.1 Å². The van der Waals surface area contributed by atoms with Gasteiger partial charge in [0.05, 0.1) is 5.56 Å². The summed E-state index contributed by atoms with van der Waals surface area (Å²) < 4.78 is -0.171. The van der Waals surface area contributed by atoms with Crippen LogP contribution >= 0.6 is 15.9 Å². The highest BCUT2D eigenvalue weighted by molar-refractivity contribution is 9.12. The van der Waals surface area contributed by atoms with Crippen LogP contribution in [0.1, 0.15) is 5.56 Å². The van der Waals surface area contributed by atoms with E-state index in [1.54, 1.807) is 0 Å². The van der Waals surface area contributed by atoms with Crippen molar-refractivity contribution in [1.82, 2.24) is 9.97 Å². The second kappa shape index (κ2) is 4.05. The lowest BCUT2D eigenvalue weighted by molar-refractivity contribution is -0.131. The summed E-state index contributed by atoms with van der Waals surface area (Å²) in [5.41, 5.74) is -1.23. The van der Waals surface area contributed by atoms with Gasteiger partial charge in [0.1, 0.15) is 4.48 Å². The van der Waals surface area contributed by atoms with E-state index in [0.29, 0.717) is 0 Å². The first-order valence-electron chi connectivity index (χ1n) is 3.43. The minimum atomic E-state index is -1.20. The molecule has 0 aliphatic rings. The van der Waals surface area contributed by atoms with Crippen molar-refractivity contribution in [2.45, 2.75) is 0 Å². The Hall–Kier alpha value is -1.63. The van der Waals surface area contributed by atoms with Crippen LogP contribution in [0.5, 0.6) is 0 Å². The summed E-state index contributed by atoms with van der Waals surface area (Å²) in [5, 5.41) is 8.49. The number of halogens is 1. The Morgan fingerprint density at radius 3 is 2.64 bits per heavy atom. The molecule has 0 spiro atoms. The highest BCUT2D eigenvalue weighted by Gasteiger charge is 2.04. The maximum Gasteiger partial charge on any atom is 0.342 e. The van der Waals surface area contributed by atoms with Gasteiger partial charge in [-0.1, -0.05) is 0 Å². The van der Waals surface area contributed by atoms with Crippen molar-refractivity contribution >= 4 is 28.0 Å². The van der Waals surface area contributed by atoms with Gasteiger partial charge in [-0.05, 0) is 22.0 Å². The Morgan fingerprint density at radius 1 is 1.50 bits per heavy atom. The van der Waals surface area contributed by atoms with E-state index in [9.17, 15) is 14.4 Å². The van der Waals surface area contributed by atoms with Gasteiger partial charge in [0.25, 0.3) is 5.56 Å². The molecule has 1 heterocycles. The van der Waals surface area contributed by atoms with Crippen LogP contribution in [0.2, 0.25) is 0 Å². The van der Waals surface area contributed by atoms with Crippen molar-refractivity contribution < 1.29 is 9.90 Å². The number of H-pyrrole nitrogens is 2. The fraction of sp³-hybridized carbons (Fsp3) is 0. The molecule has 0 bridgehead atoms. The lowest BCUT2D eigenvalue weighted by atomic mass is 10.3. The van der Waals surface area contributed by atoms with Gasteiger partial charge in [-0.15, -0.1) is 0 Å². The van der Waals surface area contributed by atoms with Gasteiger partial charge in [-0.2, -0.15) is 0 Å². The first-order chi connectivity index (χ1) is 6.50.